The minimum atomic E-state index is -0.853. The Morgan fingerprint density at radius 1 is 0.909 bits per heavy atom. The molecule has 1 N–H and O–H groups in total. The molecule has 3 aromatic carbocycles. The standard InChI is InChI=1S/C28H27ClN2O2/c1-17-5-7-21(8-6-17)27-16-23(30-31(27)24-9-10-26(29)20(4)14-24)15-25(28(32)33)22-12-18(2)11-19(3)13-22/h5-14,16,25H,15H2,1-4H3,(H,32,33). The van der Waals surface area contributed by atoms with Crippen molar-refractivity contribution >= 4 is 17.6 Å². The summed E-state index contributed by atoms with van der Waals surface area (Å²) >= 11 is 6.25. The van der Waals surface area contributed by atoms with Gasteiger partial charge >= 0.3 is 5.97 Å². The molecule has 1 aromatic heterocycles. The fourth-order valence-electron chi connectivity index (χ4n) is 4.19. The zero-order valence-electron chi connectivity index (χ0n) is 19.3. The highest BCUT2D eigenvalue weighted by Crippen LogP contribution is 2.29. The van der Waals surface area contributed by atoms with Gasteiger partial charge in [-0.05, 0) is 63.1 Å². The molecule has 0 bridgehead atoms. The zero-order chi connectivity index (χ0) is 23.7. The van der Waals surface area contributed by atoms with Crippen molar-refractivity contribution in [3.8, 4) is 16.9 Å². The first-order valence-electron chi connectivity index (χ1n) is 10.9. The maximum atomic E-state index is 12.2. The predicted molar refractivity (Wildman–Crippen MR) is 133 cm³/mol. The van der Waals surface area contributed by atoms with Gasteiger partial charge in [0, 0.05) is 17.0 Å². The van der Waals surface area contributed by atoms with E-state index in [1.807, 2.05) is 61.9 Å². The fourth-order valence-corrected chi connectivity index (χ4v) is 4.30. The third kappa shape index (κ3) is 5.01. The van der Waals surface area contributed by atoms with Gasteiger partial charge < -0.3 is 5.11 Å². The van der Waals surface area contributed by atoms with E-state index in [0.717, 1.165) is 44.9 Å². The minimum Gasteiger partial charge on any atom is -0.481 e. The van der Waals surface area contributed by atoms with Crippen LogP contribution in [0.5, 0.6) is 0 Å². The van der Waals surface area contributed by atoms with Gasteiger partial charge in [-0.15, -0.1) is 0 Å². The summed E-state index contributed by atoms with van der Waals surface area (Å²) in [4.78, 5) is 12.2. The summed E-state index contributed by atoms with van der Waals surface area (Å²) < 4.78 is 1.88. The number of carboxylic acid groups (broad SMARTS) is 1. The molecule has 0 aliphatic heterocycles. The first-order valence-corrected chi connectivity index (χ1v) is 11.3. The van der Waals surface area contributed by atoms with Crippen LogP contribution in [0.2, 0.25) is 5.02 Å². The van der Waals surface area contributed by atoms with Gasteiger partial charge in [0.15, 0.2) is 0 Å². The van der Waals surface area contributed by atoms with Crippen LogP contribution in [0, 0.1) is 27.7 Å². The number of benzene rings is 3. The molecule has 1 heterocycles. The van der Waals surface area contributed by atoms with Gasteiger partial charge in [-0.25, -0.2) is 4.68 Å². The Balaban J connectivity index is 1.80. The van der Waals surface area contributed by atoms with Crippen molar-refractivity contribution in [1.29, 1.82) is 0 Å². The highest BCUT2D eigenvalue weighted by atomic mass is 35.5. The number of aliphatic carboxylic acids is 1. The second kappa shape index (κ2) is 9.24. The topological polar surface area (TPSA) is 55.1 Å². The second-order valence-corrected chi connectivity index (χ2v) is 9.16. The molecule has 0 amide bonds. The molecule has 168 valence electrons. The Morgan fingerprint density at radius 2 is 1.58 bits per heavy atom. The Morgan fingerprint density at radius 3 is 2.18 bits per heavy atom. The van der Waals surface area contributed by atoms with Crippen LogP contribution in [0.1, 0.15) is 39.4 Å². The van der Waals surface area contributed by atoms with Gasteiger partial charge in [0.25, 0.3) is 0 Å². The molecular formula is C28H27ClN2O2. The van der Waals surface area contributed by atoms with Crippen LogP contribution in [-0.4, -0.2) is 20.9 Å². The van der Waals surface area contributed by atoms with Crippen molar-refractivity contribution in [3.05, 3.63) is 105 Å². The third-order valence-electron chi connectivity index (χ3n) is 5.85. The molecule has 1 atom stereocenters. The number of nitrogens with zero attached hydrogens (tertiary/aromatic N) is 2. The molecular weight excluding hydrogens is 432 g/mol. The summed E-state index contributed by atoms with van der Waals surface area (Å²) in [6.45, 7) is 7.99. The van der Waals surface area contributed by atoms with Crippen LogP contribution in [0.25, 0.3) is 16.9 Å². The molecule has 0 radical (unpaired) electrons. The second-order valence-electron chi connectivity index (χ2n) is 8.75. The molecule has 0 aliphatic carbocycles. The van der Waals surface area contributed by atoms with Crippen LogP contribution >= 0.6 is 11.6 Å². The monoisotopic (exact) mass is 458 g/mol. The van der Waals surface area contributed by atoms with Crippen molar-refractivity contribution < 1.29 is 9.90 Å². The van der Waals surface area contributed by atoms with E-state index in [0.29, 0.717) is 11.4 Å². The number of aromatic nitrogens is 2. The van der Waals surface area contributed by atoms with E-state index in [-0.39, 0.29) is 0 Å². The number of carbonyl (C=O) groups is 1. The minimum absolute atomic E-state index is 0.302. The maximum absolute atomic E-state index is 12.2. The van der Waals surface area contributed by atoms with E-state index in [1.165, 1.54) is 5.56 Å². The third-order valence-corrected chi connectivity index (χ3v) is 6.28. The number of aryl methyl sites for hydroxylation is 4. The summed E-state index contributed by atoms with van der Waals surface area (Å²) in [5.41, 5.74) is 8.59. The lowest BCUT2D eigenvalue weighted by molar-refractivity contribution is -0.138. The van der Waals surface area contributed by atoms with Crippen molar-refractivity contribution in [2.75, 3.05) is 0 Å². The van der Waals surface area contributed by atoms with E-state index in [4.69, 9.17) is 16.7 Å². The molecule has 5 heteroatoms. The number of hydrogen-bond donors (Lipinski definition) is 1. The van der Waals surface area contributed by atoms with Crippen LogP contribution in [0.4, 0.5) is 0 Å². The van der Waals surface area contributed by atoms with Crippen LogP contribution < -0.4 is 0 Å². The lowest BCUT2D eigenvalue weighted by atomic mass is 9.91. The van der Waals surface area contributed by atoms with Gasteiger partial charge in [0.1, 0.15) is 0 Å². The predicted octanol–water partition coefficient (Wildman–Crippen LogP) is 6.84. The smallest absolute Gasteiger partial charge is 0.311 e. The lowest BCUT2D eigenvalue weighted by Gasteiger charge is -2.13. The average molecular weight is 459 g/mol. The number of hydrogen-bond acceptors (Lipinski definition) is 2. The number of carboxylic acids is 1. The highest BCUT2D eigenvalue weighted by Gasteiger charge is 2.24. The van der Waals surface area contributed by atoms with E-state index in [1.54, 1.807) is 0 Å². The molecule has 4 nitrogen and oxygen atoms in total. The molecule has 0 saturated carbocycles. The van der Waals surface area contributed by atoms with Crippen LogP contribution in [0.3, 0.4) is 0 Å². The Bertz CT molecular complexity index is 1300. The summed E-state index contributed by atoms with van der Waals surface area (Å²) in [6, 6.07) is 22.0. The molecule has 0 fully saturated rings. The molecule has 0 aliphatic rings. The van der Waals surface area contributed by atoms with Crippen molar-refractivity contribution in [2.45, 2.75) is 40.0 Å². The maximum Gasteiger partial charge on any atom is 0.311 e. The van der Waals surface area contributed by atoms with Gasteiger partial charge in [0.2, 0.25) is 0 Å². The van der Waals surface area contributed by atoms with Gasteiger partial charge in [-0.1, -0.05) is 70.8 Å². The van der Waals surface area contributed by atoms with E-state index < -0.39 is 11.9 Å². The molecule has 0 saturated heterocycles. The van der Waals surface area contributed by atoms with E-state index in [9.17, 15) is 9.90 Å². The van der Waals surface area contributed by atoms with Crippen molar-refractivity contribution in [2.24, 2.45) is 0 Å². The molecule has 4 rings (SSSR count). The number of halogens is 1. The SMILES string of the molecule is Cc1ccc(-c2cc(CC(C(=O)O)c3cc(C)cc(C)c3)nn2-c2ccc(Cl)c(C)c2)cc1. The van der Waals surface area contributed by atoms with Crippen LogP contribution in [0.15, 0.2) is 66.7 Å². The number of rotatable bonds is 6. The van der Waals surface area contributed by atoms with Crippen LogP contribution in [-0.2, 0) is 11.2 Å². The van der Waals surface area contributed by atoms with Gasteiger partial charge in [0.05, 0.1) is 23.0 Å². The van der Waals surface area contributed by atoms with Gasteiger partial charge in [-0.2, -0.15) is 5.10 Å². The quantitative estimate of drug-likeness (QED) is 0.344. The first kappa shape index (κ1) is 22.8. The summed E-state index contributed by atoms with van der Waals surface area (Å²) in [5, 5.41) is 15.6. The van der Waals surface area contributed by atoms with Gasteiger partial charge in [-0.3, -0.25) is 4.79 Å². The Hall–Kier alpha value is -3.37. The average Bonchev–Trinajstić information content (AvgIpc) is 3.17. The molecule has 4 aromatic rings. The Labute approximate surface area is 199 Å². The first-order chi connectivity index (χ1) is 15.7. The van der Waals surface area contributed by atoms with Crippen molar-refractivity contribution in [3.63, 3.8) is 0 Å². The van der Waals surface area contributed by atoms with E-state index in [2.05, 4.69) is 37.3 Å². The molecule has 33 heavy (non-hydrogen) atoms. The lowest BCUT2D eigenvalue weighted by Crippen LogP contribution is -2.15. The largest absolute Gasteiger partial charge is 0.481 e. The van der Waals surface area contributed by atoms with Crippen molar-refractivity contribution in [1.82, 2.24) is 9.78 Å². The molecule has 1 unspecified atom stereocenters. The van der Waals surface area contributed by atoms with E-state index >= 15 is 0 Å². The Kier molecular flexibility index (Phi) is 6.39. The summed E-state index contributed by atoms with van der Waals surface area (Å²) in [6.07, 6.45) is 0.302. The highest BCUT2D eigenvalue weighted by molar-refractivity contribution is 6.31. The fraction of sp³-hybridized carbons (Fsp3) is 0.214. The normalized spacial score (nSPS) is 12.0. The zero-order valence-corrected chi connectivity index (χ0v) is 20.0. The summed E-state index contributed by atoms with van der Waals surface area (Å²) in [7, 11) is 0. The summed E-state index contributed by atoms with van der Waals surface area (Å²) in [5.74, 6) is -1.53. The molecule has 0 spiro atoms.